The first-order valence-electron chi connectivity index (χ1n) is 9.60. The van der Waals surface area contributed by atoms with Crippen molar-refractivity contribution in [2.24, 2.45) is 0 Å². The Kier molecular flexibility index (Phi) is 5.46. The van der Waals surface area contributed by atoms with E-state index in [4.69, 9.17) is 12.2 Å². The molecule has 1 aliphatic heterocycles. The summed E-state index contributed by atoms with van der Waals surface area (Å²) in [7, 11) is 0. The number of aryl methyl sites for hydroxylation is 1. The van der Waals surface area contributed by atoms with Crippen LogP contribution in [0.1, 0.15) is 30.7 Å². The third kappa shape index (κ3) is 4.30. The van der Waals surface area contributed by atoms with Crippen LogP contribution in [-0.4, -0.2) is 14.7 Å². The molecular weight excluding hydrogens is 413 g/mol. The summed E-state index contributed by atoms with van der Waals surface area (Å²) in [6.07, 6.45) is -0.605. The van der Waals surface area contributed by atoms with E-state index < -0.39 is 11.7 Å². The second-order valence-corrected chi connectivity index (χ2v) is 7.59. The van der Waals surface area contributed by atoms with Crippen LogP contribution in [0.3, 0.4) is 0 Å². The largest absolute Gasteiger partial charge is 0.416 e. The Morgan fingerprint density at radius 3 is 2.57 bits per heavy atom. The zero-order valence-electron chi connectivity index (χ0n) is 15.9. The van der Waals surface area contributed by atoms with Crippen molar-refractivity contribution >= 4 is 39.6 Å². The second-order valence-electron chi connectivity index (χ2n) is 7.19. The Morgan fingerprint density at radius 1 is 1.03 bits per heavy atom. The lowest BCUT2D eigenvalue weighted by Crippen LogP contribution is -2.25. The molecule has 5 nitrogen and oxygen atoms in total. The van der Waals surface area contributed by atoms with E-state index in [2.05, 4.69) is 15.6 Å². The maximum absolute atomic E-state index is 12.9. The number of halogens is 3. The van der Waals surface area contributed by atoms with Crippen LogP contribution < -0.4 is 16.2 Å². The Labute approximate surface area is 175 Å². The maximum Gasteiger partial charge on any atom is 0.416 e. The molecule has 2 N–H and O–H groups in total. The minimum absolute atomic E-state index is 0.0858. The Hall–Kier alpha value is -2.94. The van der Waals surface area contributed by atoms with Gasteiger partial charge in [-0.2, -0.15) is 13.2 Å². The predicted molar refractivity (Wildman–Crippen MR) is 115 cm³/mol. The summed E-state index contributed by atoms with van der Waals surface area (Å²) in [5, 5.41) is 6.27. The lowest BCUT2D eigenvalue weighted by atomic mass is 10.2. The fourth-order valence-corrected chi connectivity index (χ4v) is 3.80. The molecule has 156 valence electrons. The minimum atomic E-state index is -4.43. The molecule has 0 atom stereocenters. The summed E-state index contributed by atoms with van der Waals surface area (Å²) in [6, 6.07) is 9.94. The van der Waals surface area contributed by atoms with Gasteiger partial charge in [-0.1, -0.05) is 12.5 Å². The highest BCUT2D eigenvalue weighted by Crippen LogP contribution is 2.30. The lowest BCUT2D eigenvalue weighted by Gasteiger charge is -2.14. The van der Waals surface area contributed by atoms with Crippen molar-refractivity contribution in [3.05, 3.63) is 64.2 Å². The molecule has 1 aliphatic rings. The van der Waals surface area contributed by atoms with Crippen molar-refractivity contribution in [2.75, 3.05) is 10.6 Å². The zero-order valence-corrected chi connectivity index (χ0v) is 16.7. The van der Waals surface area contributed by atoms with E-state index >= 15 is 0 Å². The molecule has 2 heterocycles. The standard InChI is InChI=1S/C21H19F3N4OS/c22-21(23,24)13-5-4-6-14(11-13)25-20(30)26-15-8-9-17-16(12-15)19(29)28-10-3-1-2-7-18(28)27-17/h4-6,8-9,11-12H,1-3,7,10H2,(H2,25,26,30). The molecule has 0 saturated heterocycles. The summed E-state index contributed by atoms with van der Waals surface area (Å²) in [5.74, 6) is 0.812. The van der Waals surface area contributed by atoms with Crippen molar-refractivity contribution in [3.8, 4) is 0 Å². The molecule has 0 saturated carbocycles. The van der Waals surface area contributed by atoms with E-state index in [-0.39, 0.29) is 16.4 Å². The van der Waals surface area contributed by atoms with E-state index in [1.807, 2.05) is 0 Å². The van der Waals surface area contributed by atoms with Crippen molar-refractivity contribution < 1.29 is 13.2 Å². The normalized spacial score (nSPS) is 14.1. The summed E-state index contributed by atoms with van der Waals surface area (Å²) in [5.41, 5.74) is 0.545. The van der Waals surface area contributed by atoms with Crippen LogP contribution in [0, 0.1) is 0 Å². The number of thiocarbonyl (C=S) groups is 1. The quantitative estimate of drug-likeness (QED) is 0.561. The molecule has 1 aromatic heterocycles. The topological polar surface area (TPSA) is 59.0 Å². The maximum atomic E-state index is 12.9. The average Bonchev–Trinajstić information content (AvgIpc) is 2.94. The van der Waals surface area contributed by atoms with Crippen LogP contribution in [-0.2, 0) is 19.1 Å². The summed E-state index contributed by atoms with van der Waals surface area (Å²) < 4.78 is 40.3. The molecule has 0 spiro atoms. The van der Waals surface area contributed by atoms with E-state index in [0.717, 1.165) is 43.6 Å². The van der Waals surface area contributed by atoms with Crippen LogP contribution in [0.15, 0.2) is 47.3 Å². The first-order valence-corrected chi connectivity index (χ1v) is 10.0. The molecule has 3 aromatic rings. The number of nitrogens with one attached hydrogen (secondary N) is 2. The number of rotatable bonds is 2. The van der Waals surface area contributed by atoms with E-state index in [9.17, 15) is 18.0 Å². The van der Waals surface area contributed by atoms with Crippen LogP contribution in [0.4, 0.5) is 24.5 Å². The fraction of sp³-hybridized carbons (Fsp3) is 0.286. The molecule has 0 aliphatic carbocycles. The molecular formula is C21H19F3N4OS. The number of nitrogens with zero attached hydrogens (tertiary/aromatic N) is 2. The van der Waals surface area contributed by atoms with Crippen LogP contribution in [0.25, 0.3) is 10.9 Å². The van der Waals surface area contributed by atoms with Gasteiger partial charge in [0.2, 0.25) is 0 Å². The fourth-order valence-electron chi connectivity index (χ4n) is 3.56. The van der Waals surface area contributed by atoms with Gasteiger partial charge in [-0.05, 0) is 61.5 Å². The number of benzene rings is 2. The van der Waals surface area contributed by atoms with Crippen LogP contribution >= 0.6 is 12.2 Å². The highest BCUT2D eigenvalue weighted by Gasteiger charge is 2.30. The minimum Gasteiger partial charge on any atom is -0.332 e. The van der Waals surface area contributed by atoms with E-state index in [1.54, 1.807) is 22.8 Å². The van der Waals surface area contributed by atoms with Gasteiger partial charge in [-0.15, -0.1) is 0 Å². The highest BCUT2D eigenvalue weighted by atomic mass is 32.1. The van der Waals surface area contributed by atoms with Gasteiger partial charge in [-0.3, -0.25) is 9.36 Å². The molecule has 0 radical (unpaired) electrons. The molecule has 0 unspecified atom stereocenters. The predicted octanol–water partition coefficient (Wildman–Crippen LogP) is 4.95. The van der Waals surface area contributed by atoms with Crippen LogP contribution in [0.5, 0.6) is 0 Å². The van der Waals surface area contributed by atoms with Crippen molar-refractivity contribution in [1.29, 1.82) is 0 Å². The van der Waals surface area contributed by atoms with Gasteiger partial charge in [0.1, 0.15) is 5.82 Å². The Balaban J connectivity index is 1.56. The first-order chi connectivity index (χ1) is 14.3. The second kappa shape index (κ2) is 8.06. The number of fused-ring (bicyclic) bond motifs is 2. The first kappa shape index (κ1) is 20.3. The molecule has 30 heavy (non-hydrogen) atoms. The van der Waals surface area contributed by atoms with Gasteiger partial charge in [0.05, 0.1) is 16.5 Å². The van der Waals surface area contributed by atoms with Crippen LogP contribution in [0.2, 0.25) is 0 Å². The number of aromatic nitrogens is 2. The van der Waals surface area contributed by atoms with Gasteiger partial charge in [0.15, 0.2) is 5.11 Å². The van der Waals surface area contributed by atoms with Crippen molar-refractivity contribution in [3.63, 3.8) is 0 Å². The van der Waals surface area contributed by atoms with Gasteiger partial charge >= 0.3 is 6.18 Å². The van der Waals surface area contributed by atoms with Gasteiger partial charge in [0, 0.05) is 24.3 Å². The third-order valence-electron chi connectivity index (χ3n) is 5.02. The number of alkyl halides is 3. The van der Waals surface area contributed by atoms with Crippen molar-refractivity contribution in [1.82, 2.24) is 9.55 Å². The van der Waals surface area contributed by atoms with Gasteiger partial charge in [0.25, 0.3) is 5.56 Å². The molecule has 0 amide bonds. The van der Waals surface area contributed by atoms with Crippen molar-refractivity contribution in [2.45, 2.75) is 38.4 Å². The Bertz CT molecular complexity index is 1170. The number of anilines is 2. The molecule has 9 heteroatoms. The lowest BCUT2D eigenvalue weighted by molar-refractivity contribution is -0.137. The smallest absolute Gasteiger partial charge is 0.332 e. The van der Waals surface area contributed by atoms with E-state index in [0.29, 0.717) is 23.1 Å². The number of hydrogen-bond acceptors (Lipinski definition) is 3. The summed E-state index contributed by atoms with van der Waals surface area (Å²) >= 11 is 5.22. The summed E-state index contributed by atoms with van der Waals surface area (Å²) in [6.45, 7) is 0.657. The number of hydrogen-bond donors (Lipinski definition) is 2. The molecule has 2 aromatic carbocycles. The SMILES string of the molecule is O=c1c2cc(NC(=S)Nc3cccc(C(F)(F)F)c3)ccc2nc2n1CCCCC2. The third-order valence-corrected chi connectivity index (χ3v) is 5.23. The monoisotopic (exact) mass is 432 g/mol. The average molecular weight is 432 g/mol. The van der Waals surface area contributed by atoms with Gasteiger partial charge < -0.3 is 10.6 Å². The molecule has 0 fully saturated rings. The van der Waals surface area contributed by atoms with Gasteiger partial charge in [-0.25, -0.2) is 4.98 Å². The van der Waals surface area contributed by atoms with E-state index in [1.165, 1.54) is 12.1 Å². The highest BCUT2D eigenvalue weighted by molar-refractivity contribution is 7.80. The molecule has 4 rings (SSSR count). The summed E-state index contributed by atoms with van der Waals surface area (Å²) in [4.78, 5) is 17.6. The Morgan fingerprint density at radius 2 is 1.80 bits per heavy atom. The zero-order chi connectivity index (χ0) is 21.3. The molecule has 0 bridgehead atoms.